The molecule has 0 aromatic rings. The van der Waals surface area contributed by atoms with Crippen LogP contribution in [0.2, 0.25) is 0 Å². The highest BCUT2D eigenvalue weighted by Crippen LogP contribution is 2.21. The number of amides is 1. The van der Waals surface area contributed by atoms with E-state index in [4.69, 9.17) is 0 Å². The van der Waals surface area contributed by atoms with Crippen LogP contribution in [0.3, 0.4) is 0 Å². The van der Waals surface area contributed by atoms with Gasteiger partial charge in [0.2, 0.25) is 5.91 Å². The van der Waals surface area contributed by atoms with Gasteiger partial charge in [-0.1, -0.05) is 32.6 Å². The minimum absolute atomic E-state index is 0.135. The van der Waals surface area contributed by atoms with Crippen LogP contribution in [0.1, 0.15) is 64.7 Å². The van der Waals surface area contributed by atoms with Gasteiger partial charge >= 0.3 is 0 Å². The molecule has 1 N–H and O–H groups in total. The van der Waals surface area contributed by atoms with Gasteiger partial charge in [0.15, 0.2) is 0 Å². The predicted molar refractivity (Wildman–Crippen MR) is 89.7 cm³/mol. The number of unbranched alkanes of at least 4 members (excludes halogenated alkanes) is 4. The summed E-state index contributed by atoms with van der Waals surface area (Å²) in [6, 6.07) is 0. The summed E-state index contributed by atoms with van der Waals surface area (Å²) in [5.74, 6) is 0.964. The molecule has 0 saturated carbocycles. The molecule has 128 valence electrons. The molecular formula is C18H34N2O2. The fourth-order valence-electron chi connectivity index (χ4n) is 3.82. The Morgan fingerprint density at radius 2 is 1.91 bits per heavy atom. The van der Waals surface area contributed by atoms with Gasteiger partial charge in [0.05, 0.1) is 6.10 Å². The van der Waals surface area contributed by atoms with Gasteiger partial charge in [0.1, 0.15) is 0 Å². The zero-order valence-electron chi connectivity index (χ0n) is 14.3. The van der Waals surface area contributed by atoms with E-state index in [1.54, 1.807) is 0 Å². The molecular weight excluding hydrogens is 276 g/mol. The molecule has 0 aromatic heterocycles. The van der Waals surface area contributed by atoms with E-state index in [2.05, 4.69) is 16.7 Å². The number of nitrogens with zero attached hydrogens (tertiary/aromatic N) is 2. The second-order valence-corrected chi connectivity index (χ2v) is 7.21. The number of hydrogen-bond donors (Lipinski definition) is 1. The van der Waals surface area contributed by atoms with Crippen LogP contribution in [-0.2, 0) is 4.79 Å². The van der Waals surface area contributed by atoms with E-state index in [0.717, 1.165) is 58.4 Å². The first kappa shape index (κ1) is 17.7. The summed E-state index contributed by atoms with van der Waals surface area (Å²) in [5, 5.41) is 9.62. The molecule has 2 aliphatic heterocycles. The number of aliphatic hydroxyl groups is 1. The van der Waals surface area contributed by atoms with Gasteiger partial charge in [0, 0.05) is 39.1 Å². The highest BCUT2D eigenvalue weighted by Gasteiger charge is 2.27. The Morgan fingerprint density at radius 3 is 2.64 bits per heavy atom. The van der Waals surface area contributed by atoms with Crippen molar-refractivity contribution in [3.8, 4) is 0 Å². The summed E-state index contributed by atoms with van der Waals surface area (Å²) in [7, 11) is 0. The maximum Gasteiger partial charge on any atom is 0.222 e. The zero-order chi connectivity index (χ0) is 15.8. The van der Waals surface area contributed by atoms with E-state index in [1.165, 1.54) is 32.1 Å². The Hall–Kier alpha value is -0.610. The molecule has 1 amide bonds. The van der Waals surface area contributed by atoms with E-state index in [1.807, 2.05) is 0 Å². The van der Waals surface area contributed by atoms with Crippen LogP contribution in [0.25, 0.3) is 0 Å². The van der Waals surface area contributed by atoms with Gasteiger partial charge in [-0.3, -0.25) is 4.79 Å². The molecule has 2 fully saturated rings. The molecule has 0 aliphatic carbocycles. The van der Waals surface area contributed by atoms with Gasteiger partial charge in [-0.25, -0.2) is 0 Å². The van der Waals surface area contributed by atoms with Crippen molar-refractivity contribution in [2.24, 2.45) is 5.92 Å². The van der Waals surface area contributed by atoms with Gasteiger partial charge in [-0.05, 0) is 31.6 Å². The van der Waals surface area contributed by atoms with E-state index in [-0.39, 0.29) is 6.10 Å². The summed E-state index contributed by atoms with van der Waals surface area (Å²) < 4.78 is 0. The second-order valence-electron chi connectivity index (χ2n) is 7.21. The van der Waals surface area contributed by atoms with Crippen molar-refractivity contribution in [3.63, 3.8) is 0 Å². The lowest BCUT2D eigenvalue weighted by Gasteiger charge is -2.34. The lowest BCUT2D eigenvalue weighted by atomic mass is 9.97. The molecule has 22 heavy (non-hydrogen) atoms. The van der Waals surface area contributed by atoms with Crippen LogP contribution < -0.4 is 0 Å². The molecule has 4 nitrogen and oxygen atoms in total. The number of carbonyl (C=O) groups excluding carboxylic acids is 1. The topological polar surface area (TPSA) is 43.8 Å². The van der Waals surface area contributed by atoms with Gasteiger partial charge in [0.25, 0.3) is 0 Å². The summed E-state index contributed by atoms with van der Waals surface area (Å²) in [4.78, 5) is 16.8. The Morgan fingerprint density at radius 1 is 1.09 bits per heavy atom. The van der Waals surface area contributed by atoms with Crippen LogP contribution >= 0.6 is 0 Å². The van der Waals surface area contributed by atoms with Crippen molar-refractivity contribution >= 4 is 5.91 Å². The van der Waals surface area contributed by atoms with E-state index in [0.29, 0.717) is 11.8 Å². The molecule has 2 heterocycles. The molecule has 0 aromatic carbocycles. The Kier molecular flexibility index (Phi) is 7.67. The number of hydrogen-bond acceptors (Lipinski definition) is 3. The number of carbonyl (C=O) groups is 1. The van der Waals surface area contributed by atoms with E-state index < -0.39 is 0 Å². The van der Waals surface area contributed by atoms with Gasteiger partial charge < -0.3 is 14.9 Å². The van der Waals surface area contributed by atoms with Crippen molar-refractivity contribution < 1.29 is 9.90 Å². The Labute approximate surface area is 135 Å². The molecule has 2 aliphatic rings. The fraction of sp³-hybridized carbons (Fsp3) is 0.944. The van der Waals surface area contributed by atoms with E-state index >= 15 is 0 Å². The molecule has 2 rings (SSSR count). The number of β-amino-alcohol motifs (C(OH)–C–C–N with tert-alkyl or cyclic N) is 1. The lowest BCUT2D eigenvalue weighted by molar-refractivity contribution is -0.133. The molecule has 0 radical (unpaired) electrons. The smallest absolute Gasteiger partial charge is 0.222 e. The van der Waals surface area contributed by atoms with Crippen LogP contribution in [0.15, 0.2) is 0 Å². The lowest BCUT2D eigenvalue weighted by Crippen LogP contribution is -2.43. The molecule has 0 bridgehead atoms. The molecule has 0 unspecified atom stereocenters. The third-order valence-electron chi connectivity index (χ3n) is 5.13. The minimum Gasteiger partial charge on any atom is -0.392 e. The first-order chi connectivity index (χ1) is 10.7. The van der Waals surface area contributed by atoms with E-state index in [9.17, 15) is 9.90 Å². The van der Waals surface area contributed by atoms with Crippen molar-refractivity contribution in [1.29, 1.82) is 0 Å². The van der Waals surface area contributed by atoms with Crippen molar-refractivity contribution in [3.05, 3.63) is 0 Å². The Balaban J connectivity index is 1.65. The fourth-order valence-corrected chi connectivity index (χ4v) is 3.82. The predicted octanol–water partition coefficient (Wildman–Crippen LogP) is 2.65. The number of likely N-dealkylation sites (tertiary alicyclic amines) is 2. The number of piperidine rings is 1. The van der Waals surface area contributed by atoms with Crippen molar-refractivity contribution in [2.45, 2.75) is 70.8 Å². The van der Waals surface area contributed by atoms with Crippen LogP contribution in [-0.4, -0.2) is 59.6 Å². The SMILES string of the molecule is CCCCCCCC(=O)N1CCC[C@H](CN2CC[C@H](O)C2)C1. The zero-order valence-corrected chi connectivity index (χ0v) is 14.3. The van der Waals surface area contributed by atoms with Gasteiger partial charge in [-0.15, -0.1) is 0 Å². The summed E-state index contributed by atoms with van der Waals surface area (Å²) in [6.45, 7) is 6.99. The third-order valence-corrected chi connectivity index (χ3v) is 5.13. The summed E-state index contributed by atoms with van der Waals surface area (Å²) in [6.07, 6.45) is 9.95. The highest BCUT2D eigenvalue weighted by atomic mass is 16.3. The number of aliphatic hydroxyl groups excluding tert-OH is 1. The molecule has 2 atom stereocenters. The first-order valence-electron chi connectivity index (χ1n) is 9.37. The standard InChI is InChI=1S/C18H34N2O2/c1-2-3-4-5-6-9-18(22)20-11-7-8-16(14-20)13-19-12-10-17(21)15-19/h16-17,21H,2-15H2,1H3/t16-,17+/m1/s1. The van der Waals surface area contributed by atoms with Crippen LogP contribution in [0.4, 0.5) is 0 Å². The summed E-state index contributed by atoms with van der Waals surface area (Å²) in [5.41, 5.74) is 0. The largest absolute Gasteiger partial charge is 0.392 e. The second kappa shape index (κ2) is 9.51. The third kappa shape index (κ3) is 5.88. The molecule has 4 heteroatoms. The van der Waals surface area contributed by atoms with Crippen molar-refractivity contribution in [1.82, 2.24) is 9.80 Å². The van der Waals surface area contributed by atoms with Crippen molar-refractivity contribution in [2.75, 3.05) is 32.7 Å². The monoisotopic (exact) mass is 310 g/mol. The first-order valence-corrected chi connectivity index (χ1v) is 9.37. The quantitative estimate of drug-likeness (QED) is 0.701. The normalized spacial score (nSPS) is 26.5. The van der Waals surface area contributed by atoms with Crippen LogP contribution in [0, 0.1) is 5.92 Å². The average Bonchev–Trinajstić information content (AvgIpc) is 2.92. The average molecular weight is 310 g/mol. The molecule has 2 saturated heterocycles. The highest BCUT2D eigenvalue weighted by molar-refractivity contribution is 5.76. The maximum atomic E-state index is 12.3. The molecule has 0 spiro atoms. The van der Waals surface area contributed by atoms with Crippen LogP contribution in [0.5, 0.6) is 0 Å². The minimum atomic E-state index is -0.135. The maximum absolute atomic E-state index is 12.3. The number of rotatable bonds is 8. The summed E-state index contributed by atoms with van der Waals surface area (Å²) >= 11 is 0. The van der Waals surface area contributed by atoms with Gasteiger partial charge in [-0.2, -0.15) is 0 Å². The Bertz CT molecular complexity index is 335.